The monoisotopic (exact) mass is 471 g/mol. The molecule has 1 saturated heterocycles. The number of amides is 1. The van der Waals surface area contributed by atoms with Gasteiger partial charge < -0.3 is 4.90 Å². The molecule has 6 nitrogen and oxygen atoms in total. The predicted molar refractivity (Wildman–Crippen MR) is 119 cm³/mol. The van der Waals surface area contributed by atoms with Gasteiger partial charge in [-0.1, -0.05) is 24.3 Å². The van der Waals surface area contributed by atoms with Gasteiger partial charge in [-0.2, -0.15) is 18.3 Å². The molecule has 3 aromatic heterocycles. The first kappa shape index (κ1) is 21.6. The number of nitrogens with zero attached hydrogens (tertiary/aromatic N) is 5. The van der Waals surface area contributed by atoms with Crippen LogP contribution in [-0.2, 0) is 12.7 Å². The van der Waals surface area contributed by atoms with E-state index >= 15 is 0 Å². The molecule has 0 bridgehead atoms. The Hall–Kier alpha value is -3.24. The molecule has 170 valence electrons. The number of hydrogen-bond donors (Lipinski definition) is 0. The van der Waals surface area contributed by atoms with E-state index in [1.807, 2.05) is 23.6 Å². The van der Waals surface area contributed by atoms with Crippen molar-refractivity contribution >= 4 is 22.9 Å². The molecule has 1 aliphatic rings. The maximum Gasteiger partial charge on any atom is 0.416 e. The van der Waals surface area contributed by atoms with Crippen LogP contribution in [0.1, 0.15) is 21.5 Å². The van der Waals surface area contributed by atoms with Crippen molar-refractivity contribution in [3.8, 4) is 10.6 Å². The van der Waals surface area contributed by atoms with Gasteiger partial charge in [-0.25, -0.2) is 9.50 Å². The summed E-state index contributed by atoms with van der Waals surface area (Å²) < 4.78 is 40.6. The number of benzene rings is 1. The molecule has 1 aromatic carbocycles. The Kier molecular flexibility index (Phi) is 5.63. The van der Waals surface area contributed by atoms with E-state index in [9.17, 15) is 18.0 Å². The topological polar surface area (TPSA) is 53.7 Å². The van der Waals surface area contributed by atoms with Crippen LogP contribution in [0.2, 0.25) is 0 Å². The molecule has 4 aromatic rings. The number of rotatable bonds is 4. The van der Waals surface area contributed by atoms with Crippen molar-refractivity contribution in [1.29, 1.82) is 0 Å². The van der Waals surface area contributed by atoms with Crippen LogP contribution in [-0.4, -0.2) is 56.5 Å². The minimum Gasteiger partial charge on any atom is -0.336 e. The standard InChI is InChI=1S/C23H20F3N5OS/c24-23(25,26)17-4-1-3-16(13-17)15-29-8-10-30(11-9-29)22(32)18-14-28-31-19(6-7-27-21(18)31)20-5-2-12-33-20/h1-7,12-14H,8-11,15H2. The summed E-state index contributed by atoms with van der Waals surface area (Å²) in [7, 11) is 0. The van der Waals surface area contributed by atoms with E-state index in [0.29, 0.717) is 49.5 Å². The van der Waals surface area contributed by atoms with Crippen LogP contribution in [0.15, 0.2) is 60.2 Å². The molecule has 1 fully saturated rings. The molecule has 0 spiro atoms. The Labute approximate surface area is 191 Å². The van der Waals surface area contributed by atoms with Crippen LogP contribution < -0.4 is 0 Å². The van der Waals surface area contributed by atoms with Crippen molar-refractivity contribution < 1.29 is 18.0 Å². The van der Waals surface area contributed by atoms with Crippen LogP contribution in [0.5, 0.6) is 0 Å². The van der Waals surface area contributed by atoms with Crippen LogP contribution >= 0.6 is 11.3 Å². The number of aromatic nitrogens is 3. The largest absolute Gasteiger partial charge is 0.416 e. The Morgan fingerprint density at radius 1 is 1.06 bits per heavy atom. The van der Waals surface area contributed by atoms with Gasteiger partial charge in [0.25, 0.3) is 5.91 Å². The number of hydrogen-bond acceptors (Lipinski definition) is 5. The highest BCUT2D eigenvalue weighted by atomic mass is 32.1. The molecular formula is C23H20F3N5OS. The molecule has 0 atom stereocenters. The van der Waals surface area contributed by atoms with E-state index in [2.05, 4.69) is 15.0 Å². The van der Waals surface area contributed by atoms with Crippen molar-refractivity contribution in [3.05, 3.63) is 76.9 Å². The van der Waals surface area contributed by atoms with Gasteiger partial charge in [-0.15, -0.1) is 11.3 Å². The SMILES string of the molecule is O=C(c1cnn2c(-c3cccs3)ccnc12)N1CCN(Cc2cccc(C(F)(F)F)c2)CC1. The number of fused-ring (bicyclic) bond motifs is 1. The molecule has 5 rings (SSSR count). The van der Waals surface area contributed by atoms with E-state index in [4.69, 9.17) is 0 Å². The minimum absolute atomic E-state index is 0.139. The summed E-state index contributed by atoms with van der Waals surface area (Å²) in [5, 5.41) is 6.38. The van der Waals surface area contributed by atoms with Gasteiger partial charge in [0.15, 0.2) is 5.65 Å². The van der Waals surface area contributed by atoms with Gasteiger partial charge in [-0.05, 0) is 29.1 Å². The lowest BCUT2D eigenvalue weighted by atomic mass is 10.1. The Morgan fingerprint density at radius 2 is 1.88 bits per heavy atom. The van der Waals surface area contributed by atoms with E-state index in [-0.39, 0.29) is 5.91 Å². The third-order valence-corrected chi connectivity index (χ3v) is 6.62. The van der Waals surface area contributed by atoms with Gasteiger partial charge in [0.1, 0.15) is 5.56 Å². The molecule has 33 heavy (non-hydrogen) atoms. The fraction of sp³-hybridized carbons (Fsp3) is 0.261. The fourth-order valence-corrected chi connectivity index (χ4v) is 4.77. The fourth-order valence-electron chi connectivity index (χ4n) is 4.04. The molecule has 10 heteroatoms. The van der Waals surface area contributed by atoms with Gasteiger partial charge in [-0.3, -0.25) is 9.69 Å². The Morgan fingerprint density at radius 3 is 2.61 bits per heavy atom. The van der Waals surface area contributed by atoms with Crippen LogP contribution in [0, 0.1) is 0 Å². The predicted octanol–water partition coefficient (Wildman–Crippen LogP) is 4.43. The number of alkyl halides is 3. The smallest absolute Gasteiger partial charge is 0.336 e. The summed E-state index contributed by atoms with van der Waals surface area (Å²) in [5.74, 6) is -0.139. The van der Waals surface area contributed by atoms with E-state index in [1.165, 1.54) is 12.1 Å². The molecule has 0 unspecified atom stereocenters. The molecular weight excluding hydrogens is 451 g/mol. The van der Waals surface area contributed by atoms with Crippen molar-refractivity contribution in [2.24, 2.45) is 0 Å². The van der Waals surface area contributed by atoms with Crippen molar-refractivity contribution in [3.63, 3.8) is 0 Å². The highest BCUT2D eigenvalue weighted by molar-refractivity contribution is 7.13. The quantitative estimate of drug-likeness (QED) is 0.442. The summed E-state index contributed by atoms with van der Waals surface area (Å²) in [4.78, 5) is 22.4. The molecule has 0 saturated carbocycles. The van der Waals surface area contributed by atoms with Gasteiger partial charge in [0.05, 0.1) is 22.3 Å². The summed E-state index contributed by atoms with van der Waals surface area (Å²) in [6, 6.07) is 11.2. The number of carbonyl (C=O) groups is 1. The summed E-state index contributed by atoms with van der Waals surface area (Å²) in [6.07, 6.45) is -1.13. The maximum absolute atomic E-state index is 13.2. The number of thiophene rings is 1. The average Bonchev–Trinajstić information content (AvgIpc) is 3.49. The number of carbonyl (C=O) groups excluding carboxylic acids is 1. The number of halogens is 3. The minimum atomic E-state index is -4.35. The van der Waals surface area contributed by atoms with Crippen LogP contribution in [0.25, 0.3) is 16.2 Å². The van der Waals surface area contributed by atoms with Gasteiger partial charge in [0, 0.05) is 38.9 Å². The second-order valence-electron chi connectivity index (χ2n) is 7.87. The zero-order chi connectivity index (χ0) is 23.0. The van der Waals surface area contributed by atoms with Crippen molar-refractivity contribution in [2.75, 3.05) is 26.2 Å². The molecule has 4 heterocycles. The van der Waals surface area contributed by atoms with Crippen molar-refractivity contribution in [1.82, 2.24) is 24.4 Å². The second kappa shape index (κ2) is 8.60. The zero-order valence-electron chi connectivity index (χ0n) is 17.5. The zero-order valence-corrected chi connectivity index (χ0v) is 18.3. The second-order valence-corrected chi connectivity index (χ2v) is 8.82. The Balaban J connectivity index is 1.27. The lowest BCUT2D eigenvalue weighted by molar-refractivity contribution is -0.137. The lowest BCUT2D eigenvalue weighted by Crippen LogP contribution is -2.48. The van der Waals surface area contributed by atoms with Crippen LogP contribution in [0.3, 0.4) is 0 Å². The van der Waals surface area contributed by atoms with Crippen molar-refractivity contribution in [2.45, 2.75) is 12.7 Å². The first-order valence-electron chi connectivity index (χ1n) is 10.4. The number of piperazine rings is 1. The molecule has 0 radical (unpaired) electrons. The third-order valence-electron chi connectivity index (χ3n) is 5.73. The highest BCUT2D eigenvalue weighted by Crippen LogP contribution is 2.30. The highest BCUT2D eigenvalue weighted by Gasteiger charge is 2.31. The molecule has 0 aliphatic carbocycles. The van der Waals surface area contributed by atoms with Gasteiger partial charge >= 0.3 is 6.18 Å². The maximum atomic E-state index is 13.2. The molecule has 0 N–H and O–H groups in total. The third kappa shape index (κ3) is 4.36. The molecule has 1 amide bonds. The summed E-state index contributed by atoms with van der Waals surface area (Å²) in [6.45, 7) is 2.54. The Bertz CT molecular complexity index is 1280. The van der Waals surface area contributed by atoms with Gasteiger partial charge in [0.2, 0.25) is 0 Å². The summed E-state index contributed by atoms with van der Waals surface area (Å²) in [5.41, 5.74) is 1.80. The van der Waals surface area contributed by atoms with E-state index < -0.39 is 11.7 Å². The molecule has 1 aliphatic heterocycles. The normalized spacial score (nSPS) is 15.3. The van der Waals surface area contributed by atoms with E-state index in [0.717, 1.165) is 16.6 Å². The average molecular weight is 472 g/mol. The lowest BCUT2D eigenvalue weighted by Gasteiger charge is -2.34. The van der Waals surface area contributed by atoms with E-state index in [1.54, 1.807) is 39.2 Å². The van der Waals surface area contributed by atoms with Crippen LogP contribution in [0.4, 0.5) is 13.2 Å². The first-order chi connectivity index (χ1) is 15.9. The summed E-state index contributed by atoms with van der Waals surface area (Å²) >= 11 is 1.59. The first-order valence-corrected chi connectivity index (χ1v) is 11.3.